The molecule has 0 saturated heterocycles. The molecule has 0 aromatic carbocycles. The number of nitrogens with zero attached hydrogens (tertiary/aromatic N) is 3. The zero-order valence-corrected chi connectivity index (χ0v) is 6.86. The molecule has 0 unspecified atom stereocenters. The van der Waals surface area contributed by atoms with Crippen LogP contribution >= 0.6 is 12.4 Å². The summed E-state index contributed by atoms with van der Waals surface area (Å²) in [7, 11) is 0. The molecule has 0 spiro atoms. The van der Waals surface area contributed by atoms with Gasteiger partial charge in [-0.15, -0.1) is 12.4 Å². The minimum Gasteiger partial charge on any atom is -0.298 e. The third-order valence-corrected chi connectivity index (χ3v) is 1.43. The van der Waals surface area contributed by atoms with Gasteiger partial charge in [0.05, 0.1) is 0 Å². The van der Waals surface area contributed by atoms with E-state index in [1.54, 1.807) is 22.8 Å². The smallest absolute Gasteiger partial charge is 0.155 e. The van der Waals surface area contributed by atoms with Crippen LogP contribution in [0.25, 0.3) is 5.65 Å². The van der Waals surface area contributed by atoms with Crippen molar-refractivity contribution < 1.29 is 4.79 Å². The number of hydrogen-bond acceptors (Lipinski definition) is 3. The molecule has 0 aliphatic rings. The van der Waals surface area contributed by atoms with E-state index in [-0.39, 0.29) is 12.4 Å². The molecule has 0 radical (unpaired) electrons. The molecule has 62 valence electrons. The lowest BCUT2D eigenvalue weighted by Gasteiger charge is -1.90. The molecule has 0 atom stereocenters. The molecule has 12 heavy (non-hydrogen) atoms. The first kappa shape index (κ1) is 8.67. The van der Waals surface area contributed by atoms with Gasteiger partial charge in [-0.25, -0.2) is 9.50 Å². The summed E-state index contributed by atoms with van der Waals surface area (Å²) in [5, 5.41) is 3.87. The molecule has 2 aromatic heterocycles. The zero-order valence-electron chi connectivity index (χ0n) is 6.04. The number of carbonyl (C=O) groups excluding carboxylic acids is 1. The standard InChI is InChI=1S/C7H5N3O.ClH/c11-4-6-1-2-7-8-5-9-10(7)3-6;/h1-5H;1H. The highest BCUT2D eigenvalue weighted by molar-refractivity contribution is 5.85. The second-order valence-electron chi connectivity index (χ2n) is 2.14. The predicted molar refractivity (Wildman–Crippen MR) is 45.6 cm³/mol. The maximum Gasteiger partial charge on any atom is 0.155 e. The van der Waals surface area contributed by atoms with Gasteiger partial charge in [0.25, 0.3) is 0 Å². The number of rotatable bonds is 1. The Labute approximate surface area is 74.6 Å². The maximum atomic E-state index is 10.3. The zero-order chi connectivity index (χ0) is 7.68. The molecule has 0 bridgehead atoms. The lowest BCUT2D eigenvalue weighted by atomic mass is 10.3. The normalized spacial score (nSPS) is 9.33. The monoisotopic (exact) mass is 183 g/mol. The van der Waals surface area contributed by atoms with Crippen LogP contribution in [0.4, 0.5) is 0 Å². The van der Waals surface area contributed by atoms with Crippen molar-refractivity contribution >= 4 is 24.3 Å². The van der Waals surface area contributed by atoms with Gasteiger partial charge in [0.1, 0.15) is 6.33 Å². The molecule has 2 rings (SSSR count). The Balaban J connectivity index is 0.000000720. The fraction of sp³-hybridized carbons (Fsp3) is 0. The molecule has 0 aliphatic heterocycles. The van der Waals surface area contributed by atoms with Gasteiger partial charge in [0.2, 0.25) is 0 Å². The Bertz CT molecular complexity index is 398. The summed E-state index contributed by atoms with van der Waals surface area (Å²) >= 11 is 0. The van der Waals surface area contributed by atoms with Crippen molar-refractivity contribution in [3.05, 3.63) is 30.2 Å². The minimum atomic E-state index is 0. The van der Waals surface area contributed by atoms with E-state index in [1.165, 1.54) is 6.33 Å². The van der Waals surface area contributed by atoms with Crippen LogP contribution in [0.5, 0.6) is 0 Å². The fourth-order valence-corrected chi connectivity index (χ4v) is 0.902. The molecule has 4 nitrogen and oxygen atoms in total. The van der Waals surface area contributed by atoms with Gasteiger partial charge < -0.3 is 0 Å². The van der Waals surface area contributed by atoms with E-state index in [0.717, 1.165) is 11.9 Å². The SMILES string of the molecule is Cl.O=Cc1ccc2ncnn2c1. The Morgan fingerprint density at radius 3 is 3.00 bits per heavy atom. The number of aromatic nitrogens is 3. The molecule has 5 heteroatoms. The molecule has 0 fully saturated rings. The molecule has 0 saturated carbocycles. The first-order valence-corrected chi connectivity index (χ1v) is 3.15. The van der Waals surface area contributed by atoms with Gasteiger partial charge in [0, 0.05) is 11.8 Å². The van der Waals surface area contributed by atoms with Crippen LogP contribution in [0, 0.1) is 0 Å². The van der Waals surface area contributed by atoms with Crippen LogP contribution in [-0.2, 0) is 0 Å². The Kier molecular flexibility index (Phi) is 2.40. The Morgan fingerprint density at radius 1 is 1.42 bits per heavy atom. The van der Waals surface area contributed by atoms with Crippen LogP contribution in [0.3, 0.4) is 0 Å². The predicted octanol–water partition coefficient (Wildman–Crippen LogP) is 0.964. The average Bonchev–Trinajstić information content (AvgIpc) is 2.50. The van der Waals surface area contributed by atoms with Crippen molar-refractivity contribution in [2.45, 2.75) is 0 Å². The summed E-state index contributed by atoms with van der Waals surface area (Å²) < 4.78 is 1.56. The van der Waals surface area contributed by atoms with Gasteiger partial charge in [0.15, 0.2) is 11.9 Å². The number of pyridine rings is 1. The maximum absolute atomic E-state index is 10.3. The van der Waals surface area contributed by atoms with E-state index < -0.39 is 0 Å². The van der Waals surface area contributed by atoms with Crippen molar-refractivity contribution in [2.75, 3.05) is 0 Å². The first-order chi connectivity index (χ1) is 5.40. The van der Waals surface area contributed by atoms with Gasteiger partial charge >= 0.3 is 0 Å². The van der Waals surface area contributed by atoms with Crippen LogP contribution in [-0.4, -0.2) is 20.9 Å². The average molecular weight is 184 g/mol. The van der Waals surface area contributed by atoms with E-state index in [1.807, 2.05) is 0 Å². The van der Waals surface area contributed by atoms with E-state index in [4.69, 9.17) is 0 Å². The van der Waals surface area contributed by atoms with E-state index >= 15 is 0 Å². The highest BCUT2D eigenvalue weighted by atomic mass is 35.5. The van der Waals surface area contributed by atoms with Crippen LogP contribution in [0.15, 0.2) is 24.7 Å². The lowest BCUT2D eigenvalue weighted by Crippen LogP contribution is -1.89. The number of hydrogen-bond donors (Lipinski definition) is 0. The molecule has 0 amide bonds. The topological polar surface area (TPSA) is 47.3 Å². The molecular weight excluding hydrogens is 178 g/mol. The largest absolute Gasteiger partial charge is 0.298 e. The summed E-state index contributed by atoms with van der Waals surface area (Å²) in [4.78, 5) is 14.2. The van der Waals surface area contributed by atoms with E-state index in [2.05, 4.69) is 10.1 Å². The van der Waals surface area contributed by atoms with Crippen molar-refractivity contribution in [1.82, 2.24) is 14.6 Å². The Morgan fingerprint density at radius 2 is 2.25 bits per heavy atom. The summed E-state index contributed by atoms with van der Waals surface area (Å²) in [6, 6.07) is 3.45. The van der Waals surface area contributed by atoms with Crippen LogP contribution < -0.4 is 0 Å². The summed E-state index contributed by atoms with van der Waals surface area (Å²) in [5.41, 5.74) is 1.35. The second kappa shape index (κ2) is 3.32. The summed E-state index contributed by atoms with van der Waals surface area (Å²) in [5.74, 6) is 0. The highest BCUT2D eigenvalue weighted by Gasteiger charge is 1.94. The Hall–Kier alpha value is -1.42. The van der Waals surface area contributed by atoms with E-state index in [9.17, 15) is 4.79 Å². The van der Waals surface area contributed by atoms with Crippen LogP contribution in [0.1, 0.15) is 10.4 Å². The van der Waals surface area contributed by atoms with Crippen molar-refractivity contribution in [2.24, 2.45) is 0 Å². The molecule has 2 heterocycles. The number of aldehydes is 1. The first-order valence-electron chi connectivity index (χ1n) is 3.15. The number of halogens is 1. The minimum absolute atomic E-state index is 0. The fourth-order valence-electron chi connectivity index (χ4n) is 0.902. The van der Waals surface area contributed by atoms with Crippen LogP contribution in [0.2, 0.25) is 0 Å². The highest BCUT2D eigenvalue weighted by Crippen LogP contribution is 1.99. The summed E-state index contributed by atoms with van der Waals surface area (Å²) in [6.07, 6.45) is 3.86. The van der Waals surface area contributed by atoms with Crippen molar-refractivity contribution in [3.63, 3.8) is 0 Å². The van der Waals surface area contributed by atoms with Crippen molar-refractivity contribution in [3.8, 4) is 0 Å². The van der Waals surface area contributed by atoms with Gasteiger partial charge in [-0.05, 0) is 12.1 Å². The van der Waals surface area contributed by atoms with Gasteiger partial charge in [-0.1, -0.05) is 0 Å². The number of carbonyl (C=O) groups is 1. The molecule has 0 N–H and O–H groups in total. The summed E-state index contributed by atoms with van der Waals surface area (Å²) in [6.45, 7) is 0. The van der Waals surface area contributed by atoms with Crippen molar-refractivity contribution in [1.29, 1.82) is 0 Å². The quantitative estimate of drug-likeness (QED) is 0.619. The lowest BCUT2D eigenvalue weighted by molar-refractivity contribution is 0.112. The van der Waals surface area contributed by atoms with Gasteiger partial charge in [-0.3, -0.25) is 4.79 Å². The molecular formula is C7H6ClN3O. The number of fused-ring (bicyclic) bond motifs is 1. The molecule has 0 aliphatic carbocycles. The molecule has 2 aromatic rings. The second-order valence-corrected chi connectivity index (χ2v) is 2.14. The third-order valence-electron chi connectivity index (χ3n) is 1.43. The van der Waals surface area contributed by atoms with Gasteiger partial charge in [-0.2, -0.15) is 5.10 Å². The van der Waals surface area contributed by atoms with E-state index in [0.29, 0.717) is 5.56 Å². The third kappa shape index (κ3) is 1.29.